The molecule has 0 aromatic heterocycles. The molecule has 0 fully saturated rings. The number of carbonyl (C=O) groups is 2. The molecule has 0 spiro atoms. The van der Waals surface area contributed by atoms with Crippen molar-refractivity contribution < 1.29 is 19.8 Å². The number of amides is 2. The molecule has 0 aliphatic rings. The first kappa shape index (κ1) is 20.3. The number of phenolic OH excluding ortho intramolecular Hbond substituents is 1. The summed E-state index contributed by atoms with van der Waals surface area (Å²) in [6.45, 7) is 4.28. The molecule has 2 rings (SSSR count). The van der Waals surface area contributed by atoms with Gasteiger partial charge in [0, 0.05) is 6.54 Å². The van der Waals surface area contributed by atoms with Crippen LogP contribution in [0.1, 0.15) is 41.4 Å². The SMILES string of the molecule is CC(C)Cc1cccc(C(N)=O)c1NC[C@H](O)c1ccc(O)c(NC=O)c1. The minimum atomic E-state index is -0.925. The first-order valence-corrected chi connectivity index (χ1v) is 8.70. The van der Waals surface area contributed by atoms with Gasteiger partial charge in [0.15, 0.2) is 0 Å². The van der Waals surface area contributed by atoms with Crippen LogP contribution in [0.2, 0.25) is 0 Å². The fourth-order valence-electron chi connectivity index (χ4n) is 2.88. The fourth-order valence-corrected chi connectivity index (χ4v) is 2.88. The quantitative estimate of drug-likeness (QED) is 0.342. The van der Waals surface area contributed by atoms with Gasteiger partial charge in [0.2, 0.25) is 6.41 Å². The number of carbonyl (C=O) groups excluding carboxylic acids is 2. The van der Waals surface area contributed by atoms with Gasteiger partial charge in [-0.05, 0) is 41.7 Å². The van der Waals surface area contributed by atoms with E-state index < -0.39 is 12.0 Å². The summed E-state index contributed by atoms with van der Waals surface area (Å²) in [5, 5.41) is 25.7. The molecule has 27 heavy (non-hydrogen) atoms. The van der Waals surface area contributed by atoms with E-state index in [1.165, 1.54) is 12.1 Å². The molecule has 144 valence electrons. The summed E-state index contributed by atoms with van der Waals surface area (Å²) in [4.78, 5) is 22.4. The largest absolute Gasteiger partial charge is 0.506 e. The van der Waals surface area contributed by atoms with Gasteiger partial charge < -0.3 is 26.6 Å². The average Bonchev–Trinajstić information content (AvgIpc) is 2.61. The van der Waals surface area contributed by atoms with Gasteiger partial charge in [-0.1, -0.05) is 32.0 Å². The summed E-state index contributed by atoms with van der Waals surface area (Å²) >= 11 is 0. The van der Waals surface area contributed by atoms with E-state index in [9.17, 15) is 19.8 Å². The van der Waals surface area contributed by atoms with Crippen molar-refractivity contribution in [2.24, 2.45) is 11.7 Å². The third-order valence-electron chi connectivity index (χ3n) is 4.14. The molecule has 6 N–H and O–H groups in total. The Kier molecular flexibility index (Phi) is 6.79. The van der Waals surface area contributed by atoms with E-state index >= 15 is 0 Å². The van der Waals surface area contributed by atoms with Crippen molar-refractivity contribution in [1.29, 1.82) is 0 Å². The van der Waals surface area contributed by atoms with Crippen LogP contribution in [0.4, 0.5) is 11.4 Å². The second-order valence-electron chi connectivity index (χ2n) is 6.74. The van der Waals surface area contributed by atoms with Crippen molar-refractivity contribution in [3.8, 4) is 5.75 Å². The van der Waals surface area contributed by atoms with E-state index in [2.05, 4.69) is 24.5 Å². The third-order valence-corrected chi connectivity index (χ3v) is 4.14. The zero-order valence-electron chi connectivity index (χ0n) is 15.4. The molecule has 0 unspecified atom stereocenters. The van der Waals surface area contributed by atoms with E-state index in [1.807, 2.05) is 6.07 Å². The number of hydrogen-bond donors (Lipinski definition) is 5. The van der Waals surface area contributed by atoms with Crippen LogP contribution in [0.5, 0.6) is 5.75 Å². The normalized spacial score (nSPS) is 11.9. The number of rotatable bonds is 9. The number of nitrogens with one attached hydrogen (secondary N) is 2. The van der Waals surface area contributed by atoms with E-state index in [4.69, 9.17) is 5.73 Å². The molecule has 0 saturated carbocycles. The number of aliphatic hydroxyl groups excluding tert-OH is 1. The Morgan fingerprint density at radius 1 is 1.26 bits per heavy atom. The predicted molar refractivity (Wildman–Crippen MR) is 105 cm³/mol. The van der Waals surface area contributed by atoms with Crippen molar-refractivity contribution >= 4 is 23.7 Å². The number of phenols is 1. The van der Waals surface area contributed by atoms with Gasteiger partial charge in [-0.15, -0.1) is 0 Å². The van der Waals surface area contributed by atoms with Gasteiger partial charge in [0.25, 0.3) is 5.91 Å². The average molecular weight is 371 g/mol. The molecule has 0 bridgehead atoms. The Bertz CT molecular complexity index is 821. The highest BCUT2D eigenvalue weighted by Gasteiger charge is 2.16. The summed E-state index contributed by atoms with van der Waals surface area (Å²) in [6, 6.07) is 9.81. The molecule has 0 heterocycles. The van der Waals surface area contributed by atoms with Crippen molar-refractivity contribution in [2.75, 3.05) is 17.2 Å². The van der Waals surface area contributed by atoms with Crippen molar-refractivity contribution in [1.82, 2.24) is 0 Å². The lowest BCUT2D eigenvalue weighted by Crippen LogP contribution is -2.19. The molecular weight excluding hydrogens is 346 g/mol. The van der Waals surface area contributed by atoms with Crippen LogP contribution in [-0.4, -0.2) is 29.1 Å². The molecule has 0 aliphatic carbocycles. The number of aromatic hydroxyl groups is 1. The minimum absolute atomic E-state index is 0.0932. The molecule has 2 aromatic rings. The highest BCUT2D eigenvalue weighted by Crippen LogP contribution is 2.28. The van der Waals surface area contributed by atoms with Crippen LogP contribution in [0.3, 0.4) is 0 Å². The summed E-state index contributed by atoms with van der Waals surface area (Å²) in [6.07, 6.45) is 0.280. The van der Waals surface area contributed by atoms with Crippen LogP contribution in [0, 0.1) is 5.92 Å². The maximum absolute atomic E-state index is 11.8. The first-order chi connectivity index (χ1) is 12.8. The summed E-state index contributed by atoms with van der Waals surface area (Å²) < 4.78 is 0. The monoisotopic (exact) mass is 371 g/mol. The smallest absolute Gasteiger partial charge is 0.250 e. The van der Waals surface area contributed by atoms with Crippen molar-refractivity contribution in [3.05, 3.63) is 53.1 Å². The molecule has 2 amide bonds. The van der Waals surface area contributed by atoms with Gasteiger partial charge in [0.1, 0.15) is 5.75 Å². The van der Waals surface area contributed by atoms with Gasteiger partial charge in [0.05, 0.1) is 23.0 Å². The van der Waals surface area contributed by atoms with E-state index in [1.54, 1.807) is 18.2 Å². The van der Waals surface area contributed by atoms with Crippen LogP contribution in [0.25, 0.3) is 0 Å². The van der Waals surface area contributed by atoms with Crippen LogP contribution in [0.15, 0.2) is 36.4 Å². The Morgan fingerprint density at radius 2 is 2.00 bits per heavy atom. The highest BCUT2D eigenvalue weighted by molar-refractivity contribution is 5.99. The number of benzene rings is 2. The lowest BCUT2D eigenvalue weighted by molar-refractivity contribution is -0.105. The number of aliphatic hydroxyl groups is 1. The molecule has 7 nitrogen and oxygen atoms in total. The van der Waals surface area contributed by atoms with Crippen molar-refractivity contribution in [2.45, 2.75) is 26.4 Å². The number of hydrogen-bond acceptors (Lipinski definition) is 5. The van der Waals surface area contributed by atoms with Gasteiger partial charge >= 0.3 is 0 Å². The topological polar surface area (TPSA) is 125 Å². The summed E-state index contributed by atoms with van der Waals surface area (Å²) in [5.74, 6) is -0.253. The molecule has 0 saturated heterocycles. The first-order valence-electron chi connectivity index (χ1n) is 8.70. The van der Waals surface area contributed by atoms with Gasteiger partial charge in [-0.2, -0.15) is 0 Å². The number of primary amides is 1. The molecule has 7 heteroatoms. The van der Waals surface area contributed by atoms with Gasteiger partial charge in [-0.3, -0.25) is 9.59 Å². The van der Waals surface area contributed by atoms with Crippen LogP contribution in [-0.2, 0) is 11.2 Å². The fraction of sp³-hybridized carbons (Fsp3) is 0.300. The zero-order chi connectivity index (χ0) is 20.0. The Labute approximate surface area is 158 Å². The Hall–Kier alpha value is -3.06. The maximum Gasteiger partial charge on any atom is 0.250 e. The van der Waals surface area contributed by atoms with E-state index in [0.29, 0.717) is 29.1 Å². The maximum atomic E-state index is 11.8. The Morgan fingerprint density at radius 3 is 2.63 bits per heavy atom. The number of anilines is 2. The zero-order valence-corrected chi connectivity index (χ0v) is 15.4. The van der Waals surface area contributed by atoms with Crippen molar-refractivity contribution in [3.63, 3.8) is 0 Å². The second-order valence-corrected chi connectivity index (χ2v) is 6.74. The number of para-hydroxylation sites is 1. The minimum Gasteiger partial charge on any atom is -0.506 e. The van der Waals surface area contributed by atoms with E-state index in [0.717, 1.165) is 12.0 Å². The predicted octanol–water partition coefficient (Wildman–Crippen LogP) is 2.40. The second kappa shape index (κ2) is 9.05. The van der Waals surface area contributed by atoms with Gasteiger partial charge in [-0.25, -0.2) is 0 Å². The Balaban J connectivity index is 2.23. The highest BCUT2D eigenvalue weighted by atomic mass is 16.3. The summed E-state index contributed by atoms with van der Waals surface area (Å²) in [5.41, 5.74) is 8.14. The van der Waals surface area contributed by atoms with Crippen LogP contribution < -0.4 is 16.4 Å². The molecule has 2 aromatic carbocycles. The molecular formula is C20H25N3O4. The molecule has 1 atom stereocenters. The van der Waals surface area contributed by atoms with E-state index in [-0.39, 0.29) is 18.0 Å². The standard InChI is InChI=1S/C20H25N3O4/c1-12(2)8-14-4-3-5-15(20(21)27)19(14)22-10-18(26)13-6-7-17(25)16(9-13)23-11-24/h3-7,9,11-12,18,22,25-26H,8,10H2,1-2H3,(H2,21,27)(H,23,24)/t18-/m0/s1. The molecule has 0 radical (unpaired) electrons. The lowest BCUT2D eigenvalue weighted by atomic mass is 9.97. The lowest BCUT2D eigenvalue weighted by Gasteiger charge is -2.19. The summed E-state index contributed by atoms with van der Waals surface area (Å²) in [7, 11) is 0. The number of nitrogens with two attached hydrogens (primary N) is 1. The third kappa shape index (κ3) is 5.21. The van der Waals surface area contributed by atoms with Crippen LogP contribution >= 0.6 is 0 Å². The molecule has 0 aliphatic heterocycles.